The predicted octanol–water partition coefficient (Wildman–Crippen LogP) is 3.64. The molecule has 10 heteroatoms. The highest BCUT2D eigenvalue weighted by Gasteiger charge is 2.27. The number of para-hydroxylation sites is 1. The Morgan fingerprint density at radius 3 is 2.94 bits per heavy atom. The number of carbonyl (C=O) groups is 1. The second-order valence-electron chi connectivity index (χ2n) is 8.12. The first kappa shape index (κ1) is 20.8. The molecule has 3 aromatic heterocycles. The topological polar surface area (TPSA) is 113 Å². The van der Waals surface area contributed by atoms with Crippen LogP contribution in [0.3, 0.4) is 0 Å². The van der Waals surface area contributed by atoms with Crippen LogP contribution in [-0.4, -0.2) is 47.3 Å². The van der Waals surface area contributed by atoms with Gasteiger partial charge in [-0.25, -0.2) is 9.67 Å². The second-order valence-corrected chi connectivity index (χ2v) is 8.12. The molecule has 2 aliphatic rings. The van der Waals surface area contributed by atoms with Crippen molar-refractivity contribution in [1.29, 1.82) is 0 Å². The van der Waals surface area contributed by atoms with E-state index in [2.05, 4.69) is 30.8 Å². The quantitative estimate of drug-likeness (QED) is 0.511. The summed E-state index contributed by atoms with van der Waals surface area (Å²) in [5.41, 5.74) is 3.50. The highest BCUT2D eigenvalue weighted by atomic mass is 16.5. The van der Waals surface area contributed by atoms with E-state index in [0.717, 1.165) is 16.9 Å². The maximum atomic E-state index is 13.1. The molecule has 10 nitrogen and oxygen atoms in total. The van der Waals surface area contributed by atoms with Gasteiger partial charge in [0.2, 0.25) is 0 Å². The van der Waals surface area contributed by atoms with E-state index in [0.29, 0.717) is 35.5 Å². The number of anilines is 1. The van der Waals surface area contributed by atoms with E-state index in [9.17, 15) is 4.79 Å². The number of fused-ring (bicyclic) bond motifs is 3. The van der Waals surface area contributed by atoms with Gasteiger partial charge in [0.05, 0.1) is 35.0 Å². The molecule has 4 heterocycles. The van der Waals surface area contributed by atoms with Gasteiger partial charge in [0.25, 0.3) is 5.91 Å². The number of ether oxygens (including phenoxy) is 1. The molecule has 1 N–H and O–H groups in total. The number of aromatic nitrogens is 7. The van der Waals surface area contributed by atoms with Crippen LogP contribution in [0.25, 0.3) is 17.1 Å². The lowest BCUT2D eigenvalue weighted by molar-refractivity contribution is 0.102. The van der Waals surface area contributed by atoms with E-state index in [4.69, 9.17) is 4.74 Å². The first-order valence-corrected chi connectivity index (χ1v) is 10.5. The summed E-state index contributed by atoms with van der Waals surface area (Å²) in [7, 11) is 0. The highest BCUT2D eigenvalue weighted by molar-refractivity contribution is 6.04. The van der Waals surface area contributed by atoms with Crippen molar-refractivity contribution >= 4 is 11.6 Å². The molecule has 33 heavy (non-hydrogen) atoms. The number of imidazole rings is 1. The van der Waals surface area contributed by atoms with Crippen molar-refractivity contribution < 1.29 is 9.53 Å². The molecular formula is C23H24N8O2. The standard InChI is InChI=1S/C22H20N8O2.CH4/c1-13-11-32-20-16(21-26-27-28-30(13)21)3-2-4-17(20)25-22(31)18-9-15(7-8-23-18)29-10-19(24-12-29)14-5-6-14;/h2-4,7-10,12-14H,5-6,11H2,1H3,(H,25,31);1H4/t13-;/m0./s1. The zero-order chi connectivity index (χ0) is 21.7. The molecule has 168 valence electrons. The molecule has 1 atom stereocenters. The van der Waals surface area contributed by atoms with Gasteiger partial charge in [0, 0.05) is 18.3 Å². The van der Waals surface area contributed by atoms with Crippen LogP contribution in [0.5, 0.6) is 5.75 Å². The van der Waals surface area contributed by atoms with Crippen LogP contribution in [0.2, 0.25) is 0 Å². The Bertz CT molecular complexity index is 1320. The molecule has 1 aliphatic heterocycles. The van der Waals surface area contributed by atoms with Crippen LogP contribution in [0.15, 0.2) is 49.1 Å². The molecule has 1 saturated carbocycles. The van der Waals surface area contributed by atoms with Crippen molar-refractivity contribution in [3.8, 4) is 22.8 Å². The summed E-state index contributed by atoms with van der Waals surface area (Å²) in [6.45, 7) is 2.36. The molecule has 0 saturated heterocycles. The van der Waals surface area contributed by atoms with Crippen molar-refractivity contribution in [3.63, 3.8) is 0 Å². The van der Waals surface area contributed by atoms with Crippen LogP contribution < -0.4 is 10.1 Å². The lowest BCUT2D eigenvalue weighted by Crippen LogP contribution is -2.16. The molecule has 4 aromatic rings. The Morgan fingerprint density at radius 1 is 1.21 bits per heavy atom. The minimum absolute atomic E-state index is 0. The number of rotatable bonds is 4. The largest absolute Gasteiger partial charge is 0.488 e. The number of nitrogens with zero attached hydrogens (tertiary/aromatic N) is 7. The van der Waals surface area contributed by atoms with Crippen molar-refractivity contribution in [2.45, 2.75) is 39.2 Å². The number of hydrogen-bond donors (Lipinski definition) is 1. The first-order chi connectivity index (χ1) is 15.7. The Hall–Kier alpha value is -4.08. The molecule has 6 rings (SSSR count). The fourth-order valence-electron chi connectivity index (χ4n) is 3.87. The number of hydrogen-bond acceptors (Lipinski definition) is 7. The Balaban J connectivity index is 0.00000228. The zero-order valence-corrected chi connectivity index (χ0v) is 17.3. The van der Waals surface area contributed by atoms with Gasteiger partial charge in [-0.15, -0.1) is 5.10 Å². The van der Waals surface area contributed by atoms with E-state index >= 15 is 0 Å². The third kappa shape index (κ3) is 3.73. The maximum Gasteiger partial charge on any atom is 0.274 e. The Labute approximate surface area is 190 Å². The van der Waals surface area contributed by atoms with Crippen molar-refractivity contribution in [1.82, 2.24) is 34.7 Å². The van der Waals surface area contributed by atoms with Gasteiger partial charge in [-0.1, -0.05) is 13.5 Å². The Morgan fingerprint density at radius 2 is 2.09 bits per heavy atom. The number of nitrogens with one attached hydrogen (secondary N) is 1. The third-order valence-corrected chi connectivity index (χ3v) is 5.76. The number of tetrazole rings is 1. The summed E-state index contributed by atoms with van der Waals surface area (Å²) in [6.07, 6.45) is 7.80. The van der Waals surface area contributed by atoms with E-state index < -0.39 is 0 Å². The summed E-state index contributed by atoms with van der Waals surface area (Å²) in [5.74, 6) is 1.38. The van der Waals surface area contributed by atoms with Gasteiger partial charge in [-0.3, -0.25) is 9.78 Å². The van der Waals surface area contributed by atoms with E-state index in [1.54, 1.807) is 29.3 Å². The maximum absolute atomic E-state index is 13.1. The number of carbonyl (C=O) groups excluding carboxylic acids is 1. The normalized spacial score (nSPS) is 16.6. The van der Waals surface area contributed by atoms with Gasteiger partial charge in [-0.2, -0.15) is 0 Å². The number of amides is 1. The fraction of sp³-hybridized carbons (Fsp3) is 0.304. The molecule has 0 unspecified atom stereocenters. The highest BCUT2D eigenvalue weighted by Crippen LogP contribution is 2.40. The Kier molecular flexibility index (Phi) is 5.12. The lowest BCUT2D eigenvalue weighted by Gasteiger charge is -2.14. The molecule has 0 spiro atoms. The van der Waals surface area contributed by atoms with E-state index in [-0.39, 0.29) is 19.4 Å². The minimum atomic E-state index is -0.330. The molecule has 1 fully saturated rings. The van der Waals surface area contributed by atoms with Gasteiger partial charge < -0.3 is 14.6 Å². The van der Waals surface area contributed by atoms with E-state index in [1.165, 1.54) is 12.8 Å². The molecule has 0 radical (unpaired) electrons. The van der Waals surface area contributed by atoms with Crippen LogP contribution in [0.4, 0.5) is 5.69 Å². The first-order valence-electron chi connectivity index (χ1n) is 10.5. The second kappa shape index (κ2) is 8.12. The summed E-state index contributed by atoms with van der Waals surface area (Å²) in [4.78, 5) is 21.8. The predicted molar refractivity (Wildman–Crippen MR) is 121 cm³/mol. The molecule has 1 amide bonds. The summed E-state index contributed by atoms with van der Waals surface area (Å²) < 4.78 is 9.66. The molecule has 1 aliphatic carbocycles. The minimum Gasteiger partial charge on any atom is -0.488 e. The number of benzene rings is 1. The van der Waals surface area contributed by atoms with Gasteiger partial charge in [-0.05, 0) is 54.5 Å². The van der Waals surface area contributed by atoms with Crippen molar-refractivity contribution in [2.75, 3.05) is 11.9 Å². The monoisotopic (exact) mass is 444 g/mol. The van der Waals surface area contributed by atoms with Crippen molar-refractivity contribution in [3.05, 3.63) is 60.4 Å². The van der Waals surface area contributed by atoms with Gasteiger partial charge in [0.1, 0.15) is 12.3 Å². The summed E-state index contributed by atoms with van der Waals surface area (Å²) in [6, 6.07) is 9.07. The SMILES string of the molecule is C.C[C@H]1COc2c(NC(=O)c3cc(-n4cnc(C5CC5)c4)ccn3)cccc2-c2nnnn21. The zero-order valence-electron chi connectivity index (χ0n) is 17.3. The van der Waals surface area contributed by atoms with E-state index in [1.807, 2.05) is 35.9 Å². The van der Waals surface area contributed by atoms with Crippen LogP contribution in [-0.2, 0) is 0 Å². The van der Waals surface area contributed by atoms with Crippen LogP contribution in [0.1, 0.15) is 55.3 Å². The van der Waals surface area contributed by atoms with Crippen molar-refractivity contribution in [2.24, 2.45) is 0 Å². The van der Waals surface area contributed by atoms with Gasteiger partial charge in [0.15, 0.2) is 11.6 Å². The average Bonchev–Trinajstić information content (AvgIpc) is 3.37. The molecule has 1 aromatic carbocycles. The lowest BCUT2D eigenvalue weighted by atomic mass is 10.1. The van der Waals surface area contributed by atoms with Gasteiger partial charge >= 0.3 is 0 Å². The number of pyridine rings is 1. The fourth-order valence-corrected chi connectivity index (χ4v) is 3.87. The summed E-state index contributed by atoms with van der Waals surface area (Å²) >= 11 is 0. The molecular weight excluding hydrogens is 420 g/mol. The average molecular weight is 444 g/mol. The molecule has 0 bridgehead atoms. The van der Waals surface area contributed by atoms with Crippen LogP contribution >= 0.6 is 0 Å². The van der Waals surface area contributed by atoms with Crippen LogP contribution in [0, 0.1) is 0 Å². The smallest absolute Gasteiger partial charge is 0.274 e. The third-order valence-electron chi connectivity index (χ3n) is 5.76. The summed E-state index contributed by atoms with van der Waals surface area (Å²) in [5, 5.41) is 14.9.